The van der Waals surface area contributed by atoms with Crippen LogP contribution in [0, 0.1) is 5.92 Å². The van der Waals surface area contributed by atoms with Gasteiger partial charge in [0.25, 0.3) is 0 Å². The molecule has 2 aromatic rings. The normalized spacial score (nSPS) is 14.0. The number of carbonyl (C=O) groups excluding carboxylic acids is 1. The van der Waals surface area contributed by atoms with E-state index >= 15 is 0 Å². The van der Waals surface area contributed by atoms with Gasteiger partial charge in [-0.3, -0.25) is 4.79 Å². The molecule has 0 saturated heterocycles. The Bertz CT molecular complexity index is 646. The minimum Gasteiger partial charge on any atom is -0.494 e. The molecule has 1 aliphatic rings. The van der Waals surface area contributed by atoms with Crippen molar-refractivity contribution in [2.75, 3.05) is 17.2 Å². The van der Waals surface area contributed by atoms with Gasteiger partial charge in [-0.25, -0.2) is 0 Å². The van der Waals surface area contributed by atoms with Crippen LogP contribution in [0.5, 0.6) is 5.75 Å². The third-order valence-corrected chi connectivity index (χ3v) is 4.08. The average molecular weight is 310 g/mol. The number of carbonyl (C=O) groups is 1. The van der Waals surface area contributed by atoms with E-state index in [2.05, 4.69) is 10.6 Å². The van der Waals surface area contributed by atoms with Crippen LogP contribution in [0.2, 0.25) is 0 Å². The Morgan fingerprint density at radius 2 is 1.57 bits per heavy atom. The van der Waals surface area contributed by atoms with Gasteiger partial charge in [-0.05, 0) is 68.3 Å². The second kappa shape index (κ2) is 7.18. The second-order valence-corrected chi connectivity index (χ2v) is 5.78. The predicted molar refractivity (Wildman–Crippen MR) is 93.3 cm³/mol. The number of hydrogen-bond donors (Lipinski definition) is 2. The van der Waals surface area contributed by atoms with Crippen LogP contribution in [0.1, 0.15) is 26.2 Å². The molecule has 2 N–H and O–H groups in total. The molecular formula is C19H22N2O2. The van der Waals surface area contributed by atoms with Gasteiger partial charge in [0.05, 0.1) is 6.61 Å². The Kier molecular flexibility index (Phi) is 4.81. The number of benzene rings is 2. The predicted octanol–water partition coefficient (Wildman–Crippen LogP) is 4.57. The summed E-state index contributed by atoms with van der Waals surface area (Å²) in [4.78, 5) is 11.9. The molecule has 1 fully saturated rings. The maximum atomic E-state index is 11.9. The summed E-state index contributed by atoms with van der Waals surface area (Å²) in [5.41, 5.74) is 2.83. The molecule has 0 aliphatic heterocycles. The quantitative estimate of drug-likeness (QED) is 0.822. The molecule has 23 heavy (non-hydrogen) atoms. The van der Waals surface area contributed by atoms with Crippen LogP contribution in [0.4, 0.5) is 17.1 Å². The largest absolute Gasteiger partial charge is 0.494 e. The molecule has 2 aromatic carbocycles. The summed E-state index contributed by atoms with van der Waals surface area (Å²) < 4.78 is 5.43. The van der Waals surface area contributed by atoms with Gasteiger partial charge < -0.3 is 15.4 Å². The highest BCUT2D eigenvalue weighted by Gasteiger charge is 2.24. The van der Waals surface area contributed by atoms with E-state index in [1.165, 1.54) is 6.42 Å². The average Bonchev–Trinajstić information content (AvgIpc) is 2.50. The molecular weight excluding hydrogens is 288 g/mol. The number of hydrogen-bond acceptors (Lipinski definition) is 3. The summed E-state index contributed by atoms with van der Waals surface area (Å²) in [6.07, 6.45) is 3.20. The van der Waals surface area contributed by atoms with Gasteiger partial charge in [0.1, 0.15) is 5.75 Å². The van der Waals surface area contributed by atoms with Crippen LogP contribution in [0.3, 0.4) is 0 Å². The topological polar surface area (TPSA) is 50.4 Å². The van der Waals surface area contributed by atoms with E-state index in [0.717, 1.165) is 35.7 Å². The smallest absolute Gasteiger partial charge is 0.227 e. The summed E-state index contributed by atoms with van der Waals surface area (Å²) >= 11 is 0. The summed E-state index contributed by atoms with van der Waals surface area (Å²) in [5.74, 6) is 1.22. The highest BCUT2D eigenvalue weighted by Crippen LogP contribution is 2.28. The van der Waals surface area contributed by atoms with Gasteiger partial charge in [0.15, 0.2) is 0 Å². The highest BCUT2D eigenvalue weighted by atomic mass is 16.5. The minimum atomic E-state index is 0.142. The minimum absolute atomic E-state index is 0.142. The fraction of sp³-hybridized carbons (Fsp3) is 0.316. The number of anilines is 3. The van der Waals surface area contributed by atoms with Crippen molar-refractivity contribution in [3.05, 3.63) is 48.5 Å². The molecule has 1 saturated carbocycles. The van der Waals surface area contributed by atoms with E-state index in [1.807, 2.05) is 55.5 Å². The summed E-state index contributed by atoms with van der Waals surface area (Å²) in [5, 5.41) is 6.30. The first-order valence-electron chi connectivity index (χ1n) is 8.15. The summed E-state index contributed by atoms with van der Waals surface area (Å²) in [6.45, 7) is 2.64. The molecule has 4 heteroatoms. The van der Waals surface area contributed by atoms with Gasteiger partial charge in [0, 0.05) is 23.0 Å². The lowest BCUT2D eigenvalue weighted by molar-refractivity contribution is -0.122. The summed E-state index contributed by atoms with van der Waals surface area (Å²) in [6, 6.07) is 15.6. The maximum absolute atomic E-state index is 11.9. The highest BCUT2D eigenvalue weighted by molar-refractivity contribution is 5.93. The number of ether oxygens (including phenoxy) is 1. The number of rotatable bonds is 6. The van der Waals surface area contributed by atoms with E-state index in [9.17, 15) is 4.79 Å². The maximum Gasteiger partial charge on any atom is 0.227 e. The van der Waals surface area contributed by atoms with Crippen LogP contribution >= 0.6 is 0 Å². The first-order valence-corrected chi connectivity index (χ1v) is 8.15. The molecule has 1 amide bonds. The molecule has 3 rings (SSSR count). The van der Waals surface area contributed by atoms with Crippen molar-refractivity contribution in [1.29, 1.82) is 0 Å². The lowest BCUT2D eigenvalue weighted by Gasteiger charge is -2.24. The van der Waals surface area contributed by atoms with Crippen molar-refractivity contribution < 1.29 is 9.53 Å². The molecule has 0 heterocycles. The Morgan fingerprint density at radius 1 is 1.00 bits per heavy atom. The molecule has 120 valence electrons. The van der Waals surface area contributed by atoms with Gasteiger partial charge >= 0.3 is 0 Å². The van der Waals surface area contributed by atoms with Crippen LogP contribution in [0.25, 0.3) is 0 Å². The Hall–Kier alpha value is -2.49. The van der Waals surface area contributed by atoms with Crippen molar-refractivity contribution in [1.82, 2.24) is 0 Å². The Balaban J connectivity index is 1.57. The zero-order valence-electron chi connectivity index (χ0n) is 13.3. The van der Waals surface area contributed by atoms with E-state index in [1.54, 1.807) is 0 Å². The number of nitrogens with one attached hydrogen (secondary N) is 2. The molecule has 0 atom stereocenters. The summed E-state index contributed by atoms with van der Waals surface area (Å²) in [7, 11) is 0. The van der Waals surface area contributed by atoms with E-state index in [0.29, 0.717) is 6.61 Å². The zero-order valence-corrected chi connectivity index (χ0v) is 13.3. The van der Waals surface area contributed by atoms with Crippen molar-refractivity contribution in [3.63, 3.8) is 0 Å². The van der Waals surface area contributed by atoms with Crippen molar-refractivity contribution >= 4 is 23.0 Å². The van der Waals surface area contributed by atoms with E-state index in [-0.39, 0.29) is 11.8 Å². The van der Waals surface area contributed by atoms with Crippen molar-refractivity contribution in [3.8, 4) is 5.75 Å². The zero-order chi connectivity index (χ0) is 16.1. The van der Waals surface area contributed by atoms with Crippen molar-refractivity contribution in [2.24, 2.45) is 5.92 Å². The second-order valence-electron chi connectivity index (χ2n) is 5.78. The lowest BCUT2D eigenvalue weighted by Crippen LogP contribution is -2.27. The fourth-order valence-corrected chi connectivity index (χ4v) is 2.52. The number of amides is 1. The monoisotopic (exact) mass is 310 g/mol. The SMILES string of the molecule is CCOc1ccc(Nc2ccc(NC(=O)C3CCC3)cc2)cc1. The first kappa shape index (κ1) is 15.4. The fourth-order valence-electron chi connectivity index (χ4n) is 2.52. The van der Waals surface area contributed by atoms with Crippen LogP contribution in [-0.4, -0.2) is 12.5 Å². The molecule has 0 radical (unpaired) electrons. The molecule has 0 bridgehead atoms. The van der Waals surface area contributed by atoms with E-state index < -0.39 is 0 Å². The lowest BCUT2D eigenvalue weighted by atomic mass is 9.85. The molecule has 0 unspecified atom stereocenters. The molecule has 0 spiro atoms. The third-order valence-electron chi connectivity index (χ3n) is 4.08. The van der Waals surface area contributed by atoms with Crippen LogP contribution < -0.4 is 15.4 Å². The standard InChI is InChI=1S/C19H22N2O2/c1-2-23-18-12-10-16(11-13-18)20-15-6-8-17(9-7-15)21-19(22)14-4-3-5-14/h6-14,20H,2-5H2,1H3,(H,21,22). The Labute approximate surface area is 136 Å². The molecule has 4 nitrogen and oxygen atoms in total. The van der Waals surface area contributed by atoms with Gasteiger partial charge in [-0.1, -0.05) is 6.42 Å². The van der Waals surface area contributed by atoms with Crippen LogP contribution in [-0.2, 0) is 4.79 Å². The third kappa shape index (κ3) is 4.03. The Morgan fingerprint density at radius 3 is 2.09 bits per heavy atom. The van der Waals surface area contributed by atoms with Gasteiger partial charge in [-0.2, -0.15) is 0 Å². The van der Waals surface area contributed by atoms with E-state index in [4.69, 9.17) is 4.74 Å². The molecule has 0 aromatic heterocycles. The van der Waals surface area contributed by atoms with Gasteiger partial charge in [0.2, 0.25) is 5.91 Å². The first-order chi connectivity index (χ1) is 11.2. The molecule has 1 aliphatic carbocycles. The van der Waals surface area contributed by atoms with Gasteiger partial charge in [-0.15, -0.1) is 0 Å². The van der Waals surface area contributed by atoms with Crippen molar-refractivity contribution in [2.45, 2.75) is 26.2 Å². The van der Waals surface area contributed by atoms with Crippen LogP contribution in [0.15, 0.2) is 48.5 Å².